The van der Waals surface area contributed by atoms with Crippen LogP contribution >= 0.6 is 0 Å². The van der Waals surface area contributed by atoms with Crippen molar-refractivity contribution in [1.82, 2.24) is 5.06 Å². The van der Waals surface area contributed by atoms with Crippen molar-refractivity contribution in [3.8, 4) is 0 Å². The fourth-order valence-electron chi connectivity index (χ4n) is 1.65. The Bertz CT molecular complexity index is 446. The molecule has 0 N–H and O–H groups in total. The van der Waals surface area contributed by atoms with E-state index < -0.39 is 12.1 Å². The molecule has 1 fully saturated rings. The predicted molar refractivity (Wildman–Crippen MR) is 63.2 cm³/mol. The van der Waals surface area contributed by atoms with E-state index in [1.165, 1.54) is 0 Å². The summed E-state index contributed by atoms with van der Waals surface area (Å²) in [5.74, 6) is -0.728. The van der Waals surface area contributed by atoms with Crippen molar-refractivity contribution in [3.05, 3.63) is 35.9 Å². The lowest BCUT2D eigenvalue weighted by Crippen LogP contribution is -2.34. The van der Waals surface area contributed by atoms with Crippen molar-refractivity contribution in [1.29, 1.82) is 0 Å². The minimum Gasteiger partial charge on any atom is -0.442 e. The molecular formula is C13H15NO4. The number of hydrogen-bond donors (Lipinski definition) is 0. The van der Waals surface area contributed by atoms with Gasteiger partial charge in [0.25, 0.3) is 0 Å². The molecule has 1 aliphatic rings. The zero-order valence-electron chi connectivity index (χ0n) is 10.3. The van der Waals surface area contributed by atoms with E-state index in [-0.39, 0.29) is 18.6 Å². The molecule has 0 unspecified atom stereocenters. The molecule has 0 bridgehead atoms. The first-order valence-corrected chi connectivity index (χ1v) is 5.81. The van der Waals surface area contributed by atoms with E-state index in [4.69, 9.17) is 9.57 Å². The second-order valence-electron chi connectivity index (χ2n) is 4.31. The number of amides is 1. The number of carbonyl (C=O) groups excluding carboxylic acids is 2. The Hall–Kier alpha value is -2.04. The zero-order chi connectivity index (χ0) is 13.1. The van der Waals surface area contributed by atoms with E-state index in [1.54, 1.807) is 13.8 Å². The number of hydrogen-bond acceptors (Lipinski definition) is 4. The highest BCUT2D eigenvalue weighted by molar-refractivity contribution is 5.79. The van der Waals surface area contributed by atoms with Crippen molar-refractivity contribution in [2.45, 2.75) is 26.5 Å². The lowest BCUT2D eigenvalue weighted by molar-refractivity contribution is -0.167. The highest BCUT2D eigenvalue weighted by Gasteiger charge is 2.41. The van der Waals surface area contributed by atoms with Crippen molar-refractivity contribution < 1.29 is 19.2 Å². The van der Waals surface area contributed by atoms with Gasteiger partial charge in [-0.15, -0.1) is 5.06 Å². The van der Waals surface area contributed by atoms with Crippen LogP contribution in [0.4, 0.5) is 4.79 Å². The molecule has 2 atom stereocenters. The fourth-order valence-corrected chi connectivity index (χ4v) is 1.65. The Labute approximate surface area is 105 Å². The molecule has 0 aromatic heterocycles. The van der Waals surface area contributed by atoms with Gasteiger partial charge >= 0.3 is 12.1 Å². The van der Waals surface area contributed by atoms with E-state index in [9.17, 15) is 9.59 Å². The topological polar surface area (TPSA) is 55.8 Å². The van der Waals surface area contributed by atoms with Crippen molar-refractivity contribution in [2.24, 2.45) is 5.92 Å². The SMILES string of the molecule is C[C@@H]1C(=O)ON(C(=O)OCc2ccccc2)[C@H]1C. The van der Waals surface area contributed by atoms with E-state index in [1.807, 2.05) is 30.3 Å². The molecular weight excluding hydrogens is 234 g/mol. The first-order chi connectivity index (χ1) is 8.59. The summed E-state index contributed by atoms with van der Waals surface area (Å²) >= 11 is 0. The normalized spacial score (nSPS) is 22.8. The summed E-state index contributed by atoms with van der Waals surface area (Å²) in [7, 11) is 0. The van der Waals surface area contributed by atoms with Gasteiger partial charge < -0.3 is 9.57 Å². The largest absolute Gasteiger partial charge is 0.443 e. The monoisotopic (exact) mass is 249 g/mol. The van der Waals surface area contributed by atoms with Crippen LogP contribution in [0.25, 0.3) is 0 Å². The summed E-state index contributed by atoms with van der Waals surface area (Å²) < 4.78 is 5.09. The van der Waals surface area contributed by atoms with Crippen LogP contribution in [0.15, 0.2) is 30.3 Å². The van der Waals surface area contributed by atoms with Crippen LogP contribution in [0, 0.1) is 5.92 Å². The molecule has 1 heterocycles. The molecule has 18 heavy (non-hydrogen) atoms. The van der Waals surface area contributed by atoms with Crippen molar-refractivity contribution in [3.63, 3.8) is 0 Å². The number of rotatable bonds is 2. The molecule has 1 amide bonds. The Morgan fingerprint density at radius 2 is 2.00 bits per heavy atom. The van der Waals surface area contributed by atoms with Crippen LogP contribution in [0.5, 0.6) is 0 Å². The van der Waals surface area contributed by atoms with Gasteiger partial charge in [0.2, 0.25) is 0 Å². The lowest BCUT2D eigenvalue weighted by Gasteiger charge is -2.18. The summed E-state index contributed by atoms with van der Waals surface area (Å²) in [5.41, 5.74) is 0.886. The van der Waals surface area contributed by atoms with Gasteiger partial charge in [0.15, 0.2) is 0 Å². The molecule has 1 saturated heterocycles. The van der Waals surface area contributed by atoms with Gasteiger partial charge in [0.05, 0.1) is 12.0 Å². The average Bonchev–Trinajstić information content (AvgIpc) is 2.65. The molecule has 2 rings (SSSR count). The second-order valence-corrected chi connectivity index (χ2v) is 4.31. The smallest absolute Gasteiger partial charge is 0.442 e. The first-order valence-electron chi connectivity index (χ1n) is 5.81. The van der Waals surface area contributed by atoms with Gasteiger partial charge in [0.1, 0.15) is 6.61 Å². The Balaban J connectivity index is 1.91. The van der Waals surface area contributed by atoms with E-state index >= 15 is 0 Å². The van der Waals surface area contributed by atoms with Gasteiger partial charge in [0, 0.05) is 0 Å². The molecule has 96 valence electrons. The minimum absolute atomic E-state index is 0.162. The third-order valence-electron chi connectivity index (χ3n) is 3.04. The Morgan fingerprint density at radius 3 is 2.56 bits per heavy atom. The third kappa shape index (κ3) is 2.45. The van der Waals surface area contributed by atoms with Gasteiger partial charge in [-0.1, -0.05) is 30.3 Å². The standard InChI is InChI=1S/C13H15NO4/c1-9-10(2)14(18-12(9)15)13(16)17-8-11-6-4-3-5-7-11/h3-7,9-10H,8H2,1-2H3/t9-,10-/m0/s1. The fraction of sp³-hybridized carbons (Fsp3) is 0.385. The minimum atomic E-state index is -0.635. The van der Waals surface area contributed by atoms with Crippen molar-refractivity contribution >= 4 is 12.1 Å². The highest BCUT2D eigenvalue weighted by atomic mass is 16.8. The highest BCUT2D eigenvalue weighted by Crippen LogP contribution is 2.22. The summed E-state index contributed by atoms with van der Waals surface area (Å²) in [6, 6.07) is 9.02. The third-order valence-corrected chi connectivity index (χ3v) is 3.04. The molecule has 0 saturated carbocycles. The molecule has 1 aromatic rings. The van der Waals surface area contributed by atoms with Crippen LogP contribution in [0.1, 0.15) is 19.4 Å². The molecule has 5 heteroatoms. The predicted octanol–water partition coefficient (Wildman–Crippen LogP) is 2.12. The molecule has 1 aliphatic heterocycles. The maximum Gasteiger partial charge on any atom is 0.443 e. The van der Waals surface area contributed by atoms with E-state index in [0.29, 0.717) is 0 Å². The van der Waals surface area contributed by atoms with Gasteiger partial charge in [-0.05, 0) is 19.4 Å². The number of benzene rings is 1. The molecule has 1 aromatic carbocycles. The molecule has 0 spiro atoms. The van der Waals surface area contributed by atoms with E-state index in [0.717, 1.165) is 10.6 Å². The summed E-state index contributed by atoms with van der Waals surface area (Å²) in [6.07, 6.45) is -0.635. The number of nitrogens with zero attached hydrogens (tertiary/aromatic N) is 1. The van der Waals surface area contributed by atoms with Crippen LogP contribution < -0.4 is 0 Å². The van der Waals surface area contributed by atoms with Crippen LogP contribution in [-0.4, -0.2) is 23.2 Å². The first kappa shape index (κ1) is 12.4. The number of hydroxylamine groups is 2. The number of ether oxygens (including phenoxy) is 1. The maximum absolute atomic E-state index is 11.7. The van der Waals surface area contributed by atoms with Crippen LogP contribution in [0.2, 0.25) is 0 Å². The summed E-state index contributed by atoms with van der Waals surface area (Å²) in [4.78, 5) is 27.9. The van der Waals surface area contributed by atoms with Crippen molar-refractivity contribution in [2.75, 3.05) is 0 Å². The quantitative estimate of drug-likeness (QED) is 0.805. The second kappa shape index (κ2) is 5.08. The molecule has 0 aliphatic carbocycles. The number of carbonyl (C=O) groups is 2. The maximum atomic E-state index is 11.7. The van der Waals surface area contributed by atoms with Gasteiger partial charge in [-0.2, -0.15) is 0 Å². The zero-order valence-corrected chi connectivity index (χ0v) is 10.3. The van der Waals surface area contributed by atoms with Crippen LogP contribution in [-0.2, 0) is 21.0 Å². The van der Waals surface area contributed by atoms with Crippen LogP contribution in [0.3, 0.4) is 0 Å². The lowest BCUT2D eigenvalue weighted by atomic mass is 10.1. The summed E-state index contributed by atoms with van der Waals surface area (Å²) in [6.45, 7) is 3.63. The summed E-state index contributed by atoms with van der Waals surface area (Å²) in [5, 5.41) is 0.996. The molecule has 0 radical (unpaired) electrons. The average molecular weight is 249 g/mol. The van der Waals surface area contributed by atoms with Gasteiger partial charge in [-0.25, -0.2) is 9.59 Å². The molecule has 5 nitrogen and oxygen atoms in total. The van der Waals surface area contributed by atoms with E-state index in [2.05, 4.69) is 0 Å². The Morgan fingerprint density at radius 1 is 1.33 bits per heavy atom. The van der Waals surface area contributed by atoms with Gasteiger partial charge in [-0.3, -0.25) is 0 Å². The Kier molecular flexibility index (Phi) is 3.50.